The molecule has 1 heterocycles. The van der Waals surface area contributed by atoms with Crippen LogP contribution in [0.5, 0.6) is 5.75 Å². The first-order valence-electron chi connectivity index (χ1n) is 6.07. The predicted octanol–water partition coefficient (Wildman–Crippen LogP) is 2.71. The second kappa shape index (κ2) is 4.82. The Morgan fingerprint density at radius 3 is 2.61 bits per heavy atom. The Kier molecular flexibility index (Phi) is 3.39. The number of hydrazine groups is 1. The average Bonchev–Trinajstić information content (AvgIpc) is 2.39. The Morgan fingerprint density at radius 1 is 1.33 bits per heavy atom. The van der Waals surface area contributed by atoms with E-state index in [2.05, 4.69) is 19.3 Å². The van der Waals surface area contributed by atoms with Gasteiger partial charge in [0.25, 0.3) is 0 Å². The highest BCUT2D eigenvalue weighted by molar-refractivity contribution is 5.99. The molecule has 0 saturated carbocycles. The Labute approximate surface area is 107 Å². The zero-order valence-corrected chi connectivity index (χ0v) is 11.3. The molecule has 0 saturated heterocycles. The summed E-state index contributed by atoms with van der Waals surface area (Å²) >= 11 is 0. The third kappa shape index (κ3) is 1.78. The van der Waals surface area contributed by atoms with Crippen molar-refractivity contribution in [3.05, 3.63) is 29.0 Å². The van der Waals surface area contributed by atoms with Gasteiger partial charge in [0.2, 0.25) is 0 Å². The van der Waals surface area contributed by atoms with Gasteiger partial charge in [0.1, 0.15) is 11.3 Å². The van der Waals surface area contributed by atoms with Crippen LogP contribution in [0, 0.1) is 13.8 Å². The maximum Gasteiger partial charge on any atom is 0.145 e. The third-order valence-electron chi connectivity index (χ3n) is 3.35. The number of nitrogens with two attached hydrogens (primary N) is 1. The lowest BCUT2D eigenvalue weighted by molar-refractivity contribution is 0.418. The minimum atomic E-state index is 0.779. The number of ether oxygens (including phenoxy) is 1. The minimum absolute atomic E-state index is 0.779. The summed E-state index contributed by atoms with van der Waals surface area (Å²) in [6.07, 6.45) is 0.869. The molecular formula is C14H19N3O. The van der Waals surface area contributed by atoms with E-state index in [9.17, 15) is 0 Å². The van der Waals surface area contributed by atoms with Crippen LogP contribution in [0.1, 0.15) is 23.7 Å². The van der Waals surface area contributed by atoms with Crippen LogP contribution in [-0.4, -0.2) is 12.1 Å². The van der Waals surface area contributed by atoms with Gasteiger partial charge in [0.05, 0.1) is 12.8 Å². The zero-order chi connectivity index (χ0) is 13.3. The second-order valence-corrected chi connectivity index (χ2v) is 4.36. The molecular weight excluding hydrogens is 226 g/mol. The van der Waals surface area contributed by atoms with E-state index in [0.29, 0.717) is 0 Å². The molecule has 2 aromatic rings. The molecule has 0 aliphatic carbocycles. The van der Waals surface area contributed by atoms with Gasteiger partial charge in [-0.1, -0.05) is 13.0 Å². The summed E-state index contributed by atoms with van der Waals surface area (Å²) in [7, 11) is 1.66. The number of hydrogen-bond donors (Lipinski definition) is 2. The predicted molar refractivity (Wildman–Crippen MR) is 75.0 cm³/mol. The molecule has 1 aromatic heterocycles. The van der Waals surface area contributed by atoms with Crippen molar-refractivity contribution < 1.29 is 4.74 Å². The first kappa shape index (κ1) is 12.6. The van der Waals surface area contributed by atoms with Crippen LogP contribution in [0.3, 0.4) is 0 Å². The monoisotopic (exact) mass is 245 g/mol. The number of nitrogens with zero attached hydrogens (tertiary/aromatic N) is 1. The molecule has 0 bridgehead atoms. The van der Waals surface area contributed by atoms with Gasteiger partial charge in [-0.25, -0.2) is 4.98 Å². The molecule has 4 nitrogen and oxygen atoms in total. The largest absolute Gasteiger partial charge is 0.494 e. The number of aromatic nitrogens is 1. The zero-order valence-electron chi connectivity index (χ0n) is 11.3. The van der Waals surface area contributed by atoms with Crippen molar-refractivity contribution in [2.45, 2.75) is 27.2 Å². The molecule has 0 spiro atoms. The summed E-state index contributed by atoms with van der Waals surface area (Å²) in [4.78, 5) is 4.71. The highest BCUT2D eigenvalue weighted by Gasteiger charge is 2.14. The fourth-order valence-electron chi connectivity index (χ4n) is 2.34. The van der Waals surface area contributed by atoms with Gasteiger partial charge >= 0.3 is 0 Å². The fraction of sp³-hybridized carbons (Fsp3) is 0.357. The number of benzene rings is 1. The molecule has 18 heavy (non-hydrogen) atoms. The fourth-order valence-corrected chi connectivity index (χ4v) is 2.34. The Morgan fingerprint density at radius 2 is 2.06 bits per heavy atom. The van der Waals surface area contributed by atoms with Crippen LogP contribution < -0.4 is 16.0 Å². The van der Waals surface area contributed by atoms with Crippen molar-refractivity contribution in [2.24, 2.45) is 5.84 Å². The summed E-state index contributed by atoms with van der Waals surface area (Å²) in [5.41, 5.74) is 7.89. The van der Waals surface area contributed by atoms with Gasteiger partial charge in [0, 0.05) is 11.1 Å². The van der Waals surface area contributed by atoms with Gasteiger partial charge in [-0.2, -0.15) is 0 Å². The standard InChI is InChI=1S/C14H19N3O/c1-5-10-9(3)13(17-15)12-8(2)6-7-11(18-4)14(12)16-10/h6-7H,5,15H2,1-4H3,(H,16,17). The number of pyridine rings is 1. The van der Waals surface area contributed by atoms with Gasteiger partial charge in [-0.05, 0) is 37.5 Å². The molecule has 96 valence electrons. The van der Waals surface area contributed by atoms with E-state index in [1.165, 1.54) is 0 Å². The Bertz CT molecular complexity index is 593. The molecule has 0 aliphatic heterocycles. The van der Waals surface area contributed by atoms with Crippen molar-refractivity contribution in [2.75, 3.05) is 12.5 Å². The SMILES string of the molecule is CCc1nc2c(OC)ccc(C)c2c(NN)c1C. The average molecular weight is 245 g/mol. The summed E-state index contributed by atoms with van der Waals surface area (Å²) in [6.45, 7) is 6.18. The Balaban J connectivity index is 2.95. The van der Waals surface area contributed by atoms with Crippen LogP contribution in [0.4, 0.5) is 5.69 Å². The van der Waals surface area contributed by atoms with Crippen molar-refractivity contribution >= 4 is 16.6 Å². The van der Waals surface area contributed by atoms with E-state index in [4.69, 9.17) is 15.6 Å². The number of nitrogen functional groups attached to an aromatic ring is 1. The van der Waals surface area contributed by atoms with E-state index in [1.807, 2.05) is 19.1 Å². The first-order valence-corrected chi connectivity index (χ1v) is 6.07. The number of aryl methyl sites for hydroxylation is 2. The lowest BCUT2D eigenvalue weighted by Crippen LogP contribution is -2.11. The molecule has 4 heteroatoms. The molecule has 0 atom stereocenters. The van der Waals surface area contributed by atoms with Crippen molar-refractivity contribution in [3.8, 4) is 5.75 Å². The molecule has 1 aromatic carbocycles. The number of nitrogens with one attached hydrogen (secondary N) is 1. The summed E-state index contributed by atoms with van der Waals surface area (Å²) in [5.74, 6) is 6.46. The van der Waals surface area contributed by atoms with E-state index in [-0.39, 0.29) is 0 Å². The first-order chi connectivity index (χ1) is 8.63. The van der Waals surface area contributed by atoms with E-state index in [0.717, 1.165) is 45.6 Å². The molecule has 2 rings (SSSR count). The van der Waals surface area contributed by atoms with Crippen molar-refractivity contribution in [3.63, 3.8) is 0 Å². The summed E-state index contributed by atoms with van der Waals surface area (Å²) in [5, 5.41) is 1.03. The van der Waals surface area contributed by atoms with Crippen LogP contribution in [0.15, 0.2) is 12.1 Å². The maximum absolute atomic E-state index is 5.68. The quantitative estimate of drug-likeness (QED) is 0.644. The number of hydrogen-bond acceptors (Lipinski definition) is 4. The third-order valence-corrected chi connectivity index (χ3v) is 3.35. The van der Waals surface area contributed by atoms with Crippen LogP contribution >= 0.6 is 0 Å². The molecule has 0 aliphatic rings. The van der Waals surface area contributed by atoms with E-state index in [1.54, 1.807) is 7.11 Å². The highest BCUT2D eigenvalue weighted by atomic mass is 16.5. The van der Waals surface area contributed by atoms with E-state index < -0.39 is 0 Å². The van der Waals surface area contributed by atoms with Crippen molar-refractivity contribution in [1.82, 2.24) is 4.98 Å². The number of methoxy groups -OCH3 is 1. The molecule has 0 amide bonds. The molecule has 0 radical (unpaired) electrons. The smallest absolute Gasteiger partial charge is 0.145 e. The van der Waals surface area contributed by atoms with Crippen LogP contribution in [0.2, 0.25) is 0 Å². The highest BCUT2D eigenvalue weighted by Crippen LogP contribution is 2.35. The van der Waals surface area contributed by atoms with Gasteiger partial charge in [0.15, 0.2) is 0 Å². The van der Waals surface area contributed by atoms with E-state index >= 15 is 0 Å². The topological polar surface area (TPSA) is 60.2 Å². The van der Waals surface area contributed by atoms with Gasteiger partial charge < -0.3 is 10.2 Å². The van der Waals surface area contributed by atoms with Gasteiger partial charge in [-0.15, -0.1) is 0 Å². The number of rotatable bonds is 3. The maximum atomic E-state index is 5.68. The molecule has 0 fully saturated rings. The number of fused-ring (bicyclic) bond motifs is 1. The lowest BCUT2D eigenvalue weighted by Gasteiger charge is -2.16. The second-order valence-electron chi connectivity index (χ2n) is 4.36. The normalized spacial score (nSPS) is 10.7. The summed E-state index contributed by atoms with van der Waals surface area (Å²) in [6, 6.07) is 3.97. The van der Waals surface area contributed by atoms with Gasteiger partial charge in [-0.3, -0.25) is 5.84 Å². The number of anilines is 1. The lowest BCUT2D eigenvalue weighted by atomic mass is 10.0. The van der Waals surface area contributed by atoms with Crippen LogP contribution in [0.25, 0.3) is 10.9 Å². The minimum Gasteiger partial charge on any atom is -0.494 e. The molecule has 3 N–H and O–H groups in total. The van der Waals surface area contributed by atoms with Crippen LogP contribution in [-0.2, 0) is 6.42 Å². The Hall–Kier alpha value is -1.81. The summed E-state index contributed by atoms with van der Waals surface area (Å²) < 4.78 is 5.39. The van der Waals surface area contributed by atoms with Crippen molar-refractivity contribution in [1.29, 1.82) is 0 Å². The molecule has 0 unspecified atom stereocenters.